The zero-order valence-electron chi connectivity index (χ0n) is 16.8. The molecule has 2 amide bonds. The van der Waals surface area contributed by atoms with Gasteiger partial charge in [-0.05, 0) is 17.0 Å². The summed E-state index contributed by atoms with van der Waals surface area (Å²) in [4.78, 5) is 37.8. The molecule has 1 fully saturated rings. The van der Waals surface area contributed by atoms with Crippen molar-refractivity contribution in [2.24, 2.45) is 0 Å². The number of aromatic nitrogens is 3. The molecule has 0 aromatic carbocycles. The third-order valence-electron chi connectivity index (χ3n) is 4.58. The van der Waals surface area contributed by atoms with Crippen molar-refractivity contribution in [3.05, 3.63) is 35.0 Å². The van der Waals surface area contributed by atoms with Crippen LogP contribution in [0, 0.1) is 0 Å². The minimum atomic E-state index is -1.43. The van der Waals surface area contributed by atoms with E-state index in [4.69, 9.17) is 0 Å². The van der Waals surface area contributed by atoms with Gasteiger partial charge in [0.05, 0.1) is 32.9 Å². The van der Waals surface area contributed by atoms with E-state index in [1.165, 1.54) is 46.0 Å². The van der Waals surface area contributed by atoms with Gasteiger partial charge in [0.1, 0.15) is 16.4 Å². The Kier molecular flexibility index (Phi) is 9.00. The van der Waals surface area contributed by atoms with Crippen molar-refractivity contribution in [3.63, 3.8) is 0 Å². The molecule has 2 N–H and O–H groups in total. The Morgan fingerprint density at radius 1 is 1.44 bits per heavy atom. The number of nitrogens with zero attached hydrogens (tertiary/aromatic N) is 3. The number of hydrogen-bond donors (Lipinski definition) is 2. The second kappa shape index (κ2) is 11.3. The van der Waals surface area contributed by atoms with Crippen LogP contribution in [-0.2, 0) is 25.2 Å². The van der Waals surface area contributed by atoms with Gasteiger partial charge in [0.2, 0.25) is 5.91 Å². The molecule has 2 aromatic rings. The molecular formula is C17H16N5NaO5S4. The number of carboxylic acid groups (broad SMARTS) is 1. The van der Waals surface area contributed by atoms with E-state index in [1.54, 1.807) is 12.1 Å². The van der Waals surface area contributed by atoms with Gasteiger partial charge < -0.3 is 15.2 Å². The Bertz CT molecular complexity index is 1050. The maximum absolute atomic E-state index is 12.6. The summed E-state index contributed by atoms with van der Waals surface area (Å²) < 4.78 is 12.8. The zero-order chi connectivity index (χ0) is 22.0. The van der Waals surface area contributed by atoms with E-state index in [9.17, 15) is 23.7 Å². The number of aliphatic carboxylic acids is 1. The second-order valence-corrected chi connectivity index (χ2v) is 11.4. The monoisotopic (exact) mass is 521 g/mol. The number of thiophene rings is 1. The number of carboxylic acids is 1. The molecule has 2 unspecified atom stereocenters. The number of nitrogens with one attached hydrogen (secondary N) is 2. The molecule has 1 saturated heterocycles. The van der Waals surface area contributed by atoms with E-state index in [1.807, 2.05) is 5.38 Å². The van der Waals surface area contributed by atoms with Crippen molar-refractivity contribution in [1.82, 2.24) is 25.6 Å². The van der Waals surface area contributed by atoms with Gasteiger partial charge in [-0.1, -0.05) is 17.8 Å². The van der Waals surface area contributed by atoms with Gasteiger partial charge in [-0.15, -0.1) is 28.2 Å². The van der Waals surface area contributed by atoms with Crippen LogP contribution in [0.1, 0.15) is 6.42 Å². The van der Waals surface area contributed by atoms with Crippen LogP contribution in [0.4, 0.5) is 0 Å². The average Bonchev–Trinajstić information content (AvgIpc) is 3.47. The number of β-lactam (4-membered cyclic amide) rings is 1. The fourth-order valence-corrected chi connectivity index (χ4v) is 7.49. The first-order valence-corrected chi connectivity index (χ1v) is 13.3. The number of carbonyl (C=O) groups is 3. The summed E-state index contributed by atoms with van der Waals surface area (Å²) >= 11 is 4.04. The van der Waals surface area contributed by atoms with Crippen molar-refractivity contribution in [1.29, 1.82) is 0 Å². The van der Waals surface area contributed by atoms with Crippen molar-refractivity contribution in [2.75, 3.05) is 17.3 Å². The summed E-state index contributed by atoms with van der Waals surface area (Å²) in [5.41, 5.74) is 0.410. The number of fused-ring (bicyclic) bond motifs is 1. The fraction of sp³-hybridized carbons (Fsp3) is 0.353. The van der Waals surface area contributed by atoms with E-state index in [0.717, 1.165) is 0 Å². The summed E-state index contributed by atoms with van der Waals surface area (Å²) in [6.07, 6.45) is 1.53. The summed E-state index contributed by atoms with van der Waals surface area (Å²) in [5.74, 6) is -1.45. The SMILES string of the molecule is O=C(CCS(=O)c1cccs1)NC1C(=O)N2C(C(=O)[O-])=C(CSc3cn[nH]n3)CS[C@H]12.[Na+]. The Hall–Kier alpha value is -1.16. The second-order valence-electron chi connectivity index (χ2n) is 6.52. The van der Waals surface area contributed by atoms with E-state index < -0.39 is 40.0 Å². The van der Waals surface area contributed by atoms with Crippen LogP contribution in [0.25, 0.3) is 0 Å². The molecular weight excluding hydrogens is 505 g/mol. The fourth-order valence-electron chi connectivity index (χ4n) is 3.13. The van der Waals surface area contributed by atoms with Crippen molar-refractivity contribution in [2.45, 2.75) is 27.1 Å². The van der Waals surface area contributed by atoms with Crippen LogP contribution in [0.2, 0.25) is 0 Å². The van der Waals surface area contributed by atoms with Crippen LogP contribution in [0.3, 0.4) is 0 Å². The van der Waals surface area contributed by atoms with Crippen molar-refractivity contribution in [3.8, 4) is 0 Å². The molecule has 0 spiro atoms. The molecule has 2 aliphatic rings. The smallest absolute Gasteiger partial charge is 0.543 e. The predicted octanol–water partition coefficient (Wildman–Crippen LogP) is -3.44. The van der Waals surface area contributed by atoms with Gasteiger partial charge >= 0.3 is 29.6 Å². The number of amides is 2. The quantitative estimate of drug-likeness (QED) is 0.195. The summed E-state index contributed by atoms with van der Waals surface area (Å²) in [6, 6.07) is 2.73. The van der Waals surface area contributed by atoms with Crippen molar-refractivity contribution >= 4 is 63.4 Å². The molecule has 2 aromatic heterocycles. The molecule has 4 heterocycles. The molecule has 3 atom stereocenters. The average molecular weight is 522 g/mol. The van der Waals surface area contributed by atoms with Crippen LogP contribution in [0.15, 0.2) is 44.2 Å². The Morgan fingerprint density at radius 3 is 2.91 bits per heavy atom. The van der Waals surface area contributed by atoms with Gasteiger partial charge in [0.25, 0.3) is 5.91 Å². The predicted molar refractivity (Wildman–Crippen MR) is 114 cm³/mol. The van der Waals surface area contributed by atoms with Crippen molar-refractivity contribution < 1.29 is 53.3 Å². The summed E-state index contributed by atoms with van der Waals surface area (Å²) in [5, 5.41) is 26.4. The molecule has 0 bridgehead atoms. The van der Waals surface area contributed by atoms with E-state index in [0.29, 0.717) is 26.3 Å². The maximum Gasteiger partial charge on any atom is 1.00 e. The van der Waals surface area contributed by atoms with Crippen LogP contribution in [-0.4, -0.2) is 71.0 Å². The first-order valence-electron chi connectivity index (χ1n) is 9.03. The van der Waals surface area contributed by atoms with E-state index >= 15 is 0 Å². The molecule has 0 radical (unpaired) electrons. The number of H-pyrrole nitrogens is 1. The first-order chi connectivity index (χ1) is 15.0. The molecule has 10 nitrogen and oxygen atoms in total. The molecule has 15 heteroatoms. The molecule has 4 rings (SSSR count). The number of carbonyl (C=O) groups excluding carboxylic acids is 3. The van der Waals surface area contributed by atoms with Gasteiger partial charge in [0, 0.05) is 23.7 Å². The van der Waals surface area contributed by atoms with Gasteiger partial charge in [-0.25, -0.2) is 0 Å². The summed E-state index contributed by atoms with van der Waals surface area (Å²) in [6.45, 7) is 0. The molecule has 32 heavy (non-hydrogen) atoms. The normalized spacial score (nSPS) is 20.8. The minimum Gasteiger partial charge on any atom is -0.543 e. The van der Waals surface area contributed by atoms with Gasteiger partial charge in [-0.3, -0.25) is 18.7 Å². The molecule has 0 aliphatic carbocycles. The summed E-state index contributed by atoms with van der Waals surface area (Å²) in [7, 11) is -1.27. The number of aromatic amines is 1. The first kappa shape index (κ1) is 25.5. The van der Waals surface area contributed by atoms with Crippen LogP contribution in [0.5, 0.6) is 0 Å². The largest absolute Gasteiger partial charge is 1.00 e. The van der Waals surface area contributed by atoms with Crippen LogP contribution >= 0.6 is 34.9 Å². The maximum atomic E-state index is 12.6. The van der Waals surface area contributed by atoms with Gasteiger partial charge in [-0.2, -0.15) is 10.3 Å². The third-order valence-corrected chi connectivity index (χ3v) is 9.57. The topological polar surface area (TPSA) is 148 Å². The van der Waals surface area contributed by atoms with Gasteiger partial charge in [0.15, 0.2) is 0 Å². The molecule has 164 valence electrons. The van der Waals surface area contributed by atoms with E-state index in [2.05, 4.69) is 20.7 Å². The van der Waals surface area contributed by atoms with E-state index in [-0.39, 0.29) is 47.4 Å². The Morgan fingerprint density at radius 2 is 2.25 bits per heavy atom. The molecule has 2 aliphatic heterocycles. The zero-order valence-corrected chi connectivity index (χ0v) is 22.1. The third kappa shape index (κ3) is 5.48. The molecule has 0 saturated carbocycles. The number of hydrogen-bond acceptors (Lipinski definition) is 10. The number of thioether (sulfide) groups is 2. The standard InChI is InChI=1S/C17H17N5O5S4.Na/c23-10(3-5-31(27)12-2-1-4-28-12)19-13-15(24)22-14(17(25)26)9(8-30-16(13)22)7-29-11-6-18-21-20-11;/h1-2,4,6,13,16H,3,5,7-8H2,(H,19,23)(H,25,26)(H,18,20,21);/q;+1/p-1/t13?,16-,31?;/m1./s1. The Labute approximate surface area is 220 Å². The number of rotatable bonds is 9. The minimum absolute atomic E-state index is 0. The van der Waals surface area contributed by atoms with Crippen LogP contribution < -0.4 is 40.0 Å². The Balaban J connectivity index is 0.00000289.